The van der Waals surface area contributed by atoms with Gasteiger partial charge >= 0.3 is 12.4 Å². The van der Waals surface area contributed by atoms with Gasteiger partial charge in [-0.2, -0.15) is 0 Å². The second kappa shape index (κ2) is 13.3. The van der Waals surface area contributed by atoms with Crippen LogP contribution in [0.3, 0.4) is 0 Å². The van der Waals surface area contributed by atoms with Gasteiger partial charge in [0, 0.05) is 18.8 Å². The fraction of sp³-hybridized carbons (Fsp3) is 0.625. The molecular formula is C24H35F3N6O3. The molecule has 0 aliphatic carbocycles. The predicted octanol–water partition coefficient (Wildman–Crippen LogP) is 3.54. The van der Waals surface area contributed by atoms with Crippen molar-refractivity contribution in [2.75, 3.05) is 44.6 Å². The number of urea groups is 1. The summed E-state index contributed by atoms with van der Waals surface area (Å²) >= 11 is 0. The van der Waals surface area contributed by atoms with E-state index in [4.69, 9.17) is 0 Å². The Hall–Kier alpha value is -3.02. The Balaban J connectivity index is 1.49. The summed E-state index contributed by atoms with van der Waals surface area (Å²) in [5.74, 6) is -0.331. The number of carbonyl (C=O) groups is 2. The molecule has 3 amide bonds. The Morgan fingerprint density at radius 2 is 1.81 bits per heavy atom. The molecule has 1 unspecified atom stereocenters. The van der Waals surface area contributed by atoms with Gasteiger partial charge in [0.1, 0.15) is 11.9 Å². The number of ether oxygens (including phenoxy) is 1. The largest absolute Gasteiger partial charge is 0.573 e. The average molecular weight is 513 g/mol. The van der Waals surface area contributed by atoms with Gasteiger partial charge < -0.3 is 30.5 Å². The highest BCUT2D eigenvalue weighted by atomic mass is 19.4. The van der Waals surface area contributed by atoms with Gasteiger partial charge in [-0.25, -0.2) is 9.79 Å². The molecule has 1 fully saturated rings. The van der Waals surface area contributed by atoms with Crippen LogP contribution in [0.1, 0.15) is 45.4 Å². The lowest BCUT2D eigenvalue weighted by Gasteiger charge is -2.26. The molecule has 2 aliphatic rings. The Morgan fingerprint density at radius 3 is 2.47 bits per heavy atom. The summed E-state index contributed by atoms with van der Waals surface area (Å²) in [7, 11) is 0. The Morgan fingerprint density at radius 1 is 1.08 bits per heavy atom. The molecule has 12 heteroatoms. The van der Waals surface area contributed by atoms with Gasteiger partial charge in [0.25, 0.3) is 5.91 Å². The van der Waals surface area contributed by atoms with E-state index in [1.54, 1.807) is 0 Å². The van der Waals surface area contributed by atoms with Crippen LogP contribution < -0.4 is 20.7 Å². The van der Waals surface area contributed by atoms with Crippen molar-refractivity contribution in [2.24, 2.45) is 4.99 Å². The molecule has 1 aromatic carbocycles. The number of aliphatic imine (C=N–C) groups is 1. The van der Waals surface area contributed by atoms with Gasteiger partial charge in [-0.05, 0) is 69.6 Å². The van der Waals surface area contributed by atoms with E-state index in [2.05, 4.69) is 37.5 Å². The number of hydrogen-bond donors (Lipinski definition) is 3. The third-order valence-corrected chi connectivity index (χ3v) is 5.98. The van der Waals surface area contributed by atoms with E-state index in [-0.39, 0.29) is 11.7 Å². The first kappa shape index (κ1) is 27.6. The highest BCUT2D eigenvalue weighted by molar-refractivity contribution is 6.38. The van der Waals surface area contributed by atoms with Crippen molar-refractivity contribution in [3.63, 3.8) is 0 Å². The van der Waals surface area contributed by atoms with E-state index < -0.39 is 18.6 Å². The number of halogens is 3. The zero-order valence-corrected chi connectivity index (χ0v) is 20.6. The monoisotopic (exact) mass is 512 g/mol. The van der Waals surface area contributed by atoms with E-state index >= 15 is 0 Å². The van der Waals surface area contributed by atoms with Crippen molar-refractivity contribution < 1.29 is 27.5 Å². The van der Waals surface area contributed by atoms with E-state index in [0.717, 1.165) is 51.0 Å². The SMILES string of the molecule is CCCCN1CC(NC(=O)Nc2ccc(OC(F)(F)F)cc2)N=C1C(=O)NCCCN1CCCCC1. The smallest absolute Gasteiger partial charge is 0.406 e. The van der Waals surface area contributed by atoms with Gasteiger partial charge in [0.2, 0.25) is 0 Å². The first-order chi connectivity index (χ1) is 17.2. The average Bonchev–Trinajstić information content (AvgIpc) is 3.23. The fourth-order valence-electron chi connectivity index (χ4n) is 4.22. The van der Waals surface area contributed by atoms with Gasteiger partial charge in [0.05, 0.1) is 6.54 Å². The lowest BCUT2D eigenvalue weighted by molar-refractivity contribution is -0.274. The molecular weight excluding hydrogens is 477 g/mol. The highest BCUT2D eigenvalue weighted by Gasteiger charge is 2.31. The second-order valence-electron chi connectivity index (χ2n) is 8.95. The second-order valence-corrected chi connectivity index (χ2v) is 8.95. The molecule has 200 valence electrons. The van der Waals surface area contributed by atoms with Crippen LogP contribution in [-0.4, -0.2) is 79.4 Å². The number of benzene rings is 1. The maximum absolute atomic E-state index is 12.8. The minimum Gasteiger partial charge on any atom is -0.406 e. The van der Waals surface area contributed by atoms with Crippen LogP contribution in [0.4, 0.5) is 23.7 Å². The van der Waals surface area contributed by atoms with Crippen LogP contribution in [0.25, 0.3) is 0 Å². The number of nitrogens with zero attached hydrogens (tertiary/aromatic N) is 3. The normalized spacial score (nSPS) is 18.5. The quantitative estimate of drug-likeness (QED) is 0.394. The Kier molecular flexibility index (Phi) is 10.2. The summed E-state index contributed by atoms with van der Waals surface area (Å²) in [5.41, 5.74) is 0.290. The number of carbonyl (C=O) groups excluding carboxylic acids is 2. The Labute approximate surface area is 209 Å². The number of likely N-dealkylation sites (tertiary alicyclic amines) is 1. The van der Waals surface area contributed by atoms with Crippen LogP contribution in [0, 0.1) is 0 Å². The third kappa shape index (κ3) is 9.21. The number of anilines is 1. The van der Waals surface area contributed by atoms with Crippen molar-refractivity contribution in [3.05, 3.63) is 24.3 Å². The number of hydrogen-bond acceptors (Lipinski definition) is 6. The third-order valence-electron chi connectivity index (χ3n) is 5.98. The number of alkyl halides is 3. The van der Waals surface area contributed by atoms with Crippen LogP contribution in [0.5, 0.6) is 5.75 Å². The lowest BCUT2D eigenvalue weighted by Crippen LogP contribution is -2.43. The molecule has 0 bridgehead atoms. The van der Waals surface area contributed by atoms with Gasteiger partial charge in [-0.15, -0.1) is 13.2 Å². The molecule has 1 saturated heterocycles. The molecule has 3 rings (SSSR count). The number of amides is 3. The van der Waals surface area contributed by atoms with Crippen LogP contribution in [-0.2, 0) is 4.79 Å². The summed E-state index contributed by atoms with van der Waals surface area (Å²) in [6.07, 6.45) is 1.05. The summed E-state index contributed by atoms with van der Waals surface area (Å²) in [6.45, 7) is 6.82. The first-order valence-electron chi connectivity index (χ1n) is 12.5. The predicted molar refractivity (Wildman–Crippen MR) is 131 cm³/mol. The van der Waals surface area contributed by atoms with E-state index in [1.165, 1.54) is 31.4 Å². The summed E-state index contributed by atoms with van der Waals surface area (Å²) in [6, 6.07) is 4.24. The molecule has 0 spiro atoms. The highest BCUT2D eigenvalue weighted by Crippen LogP contribution is 2.24. The molecule has 9 nitrogen and oxygen atoms in total. The first-order valence-corrected chi connectivity index (χ1v) is 12.5. The molecule has 0 radical (unpaired) electrons. The summed E-state index contributed by atoms with van der Waals surface area (Å²) in [4.78, 5) is 33.9. The molecule has 0 aromatic heterocycles. The molecule has 1 atom stereocenters. The molecule has 3 N–H and O–H groups in total. The minimum absolute atomic E-state index is 0.255. The van der Waals surface area contributed by atoms with Crippen LogP contribution in [0.2, 0.25) is 0 Å². The maximum Gasteiger partial charge on any atom is 0.573 e. The number of rotatable bonds is 11. The minimum atomic E-state index is -4.78. The Bertz CT molecular complexity index is 888. The topological polar surface area (TPSA) is 98.3 Å². The van der Waals surface area contributed by atoms with Crippen molar-refractivity contribution >= 4 is 23.5 Å². The van der Waals surface area contributed by atoms with Crippen molar-refractivity contribution in [1.82, 2.24) is 20.4 Å². The van der Waals surface area contributed by atoms with Gasteiger partial charge in [0.15, 0.2) is 5.84 Å². The van der Waals surface area contributed by atoms with Crippen molar-refractivity contribution in [2.45, 2.75) is 58.0 Å². The number of nitrogens with one attached hydrogen (secondary N) is 3. The number of unbranched alkanes of at least 4 members (excludes halogenated alkanes) is 1. The van der Waals surface area contributed by atoms with Crippen molar-refractivity contribution in [1.29, 1.82) is 0 Å². The van der Waals surface area contributed by atoms with E-state index in [1.807, 2.05) is 4.90 Å². The molecule has 2 aliphatic heterocycles. The zero-order valence-electron chi connectivity index (χ0n) is 20.6. The van der Waals surface area contributed by atoms with Crippen LogP contribution in [0.15, 0.2) is 29.3 Å². The standard InChI is InChI=1S/C24H35F3N6O3/c1-2-3-16-33-17-20(30-21(33)22(34)28-12-7-15-32-13-5-4-6-14-32)31-23(35)29-18-8-10-19(11-9-18)36-24(25,26)27/h8-11,20H,2-7,12-17H2,1H3,(H,28,34)(H2,29,31,35). The van der Waals surface area contributed by atoms with Gasteiger partial charge in [-0.1, -0.05) is 19.8 Å². The van der Waals surface area contributed by atoms with Crippen LogP contribution >= 0.6 is 0 Å². The number of piperidine rings is 1. The summed E-state index contributed by atoms with van der Waals surface area (Å²) < 4.78 is 40.7. The number of amidine groups is 1. The lowest BCUT2D eigenvalue weighted by atomic mass is 10.1. The molecule has 2 heterocycles. The van der Waals surface area contributed by atoms with Crippen molar-refractivity contribution in [3.8, 4) is 5.75 Å². The van der Waals surface area contributed by atoms with E-state index in [0.29, 0.717) is 31.2 Å². The molecule has 1 aromatic rings. The van der Waals surface area contributed by atoms with Gasteiger partial charge in [-0.3, -0.25) is 4.79 Å². The maximum atomic E-state index is 12.8. The summed E-state index contributed by atoms with van der Waals surface area (Å²) in [5, 5.41) is 8.21. The zero-order chi connectivity index (χ0) is 26.0. The fourth-order valence-corrected chi connectivity index (χ4v) is 4.22. The van der Waals surface area contributed by atoms with E-state index in [9.17, 15) is 22.8 Å². The molecule has 0 saturated carbocycles. The molecule has 36 heavy (non-hydrogen) atoms.